The number of nitrogens with one attached hydrogen (secondary N) is 1. The third-order valence-electron chi connectivity index (χ3n) is 4.35. The predicted molar refractivity (Wildman–Crippen MR) is 91.6 cm³/mol. The average Bonchev–Trinajstić information content (AvgIpc) is 2.60. The highest BCUT2D eigenvalue weighted by molar-refractivity contribution is 7.89. The summed E-state index contributed by atoms with van der Waals surface area (Å²) in [6, 6.07) is 14.6. The highest BCUT2D eigenvalue weighted by atomic mass is 32.2. The fourth-order valence-corrected chi connectivity index (χ4v) is 4.09. The van der Waals surface area contributed by atoms with Gasteiger partial charge in [0.25, 0.3) is 0 Å². The van der Waals surface area contributed by atoms with Gasteiger partial charge in [0.05, 0.1) is 4.90 Å². The van der Waals surface area contributed by atoms with E-state index in [0.717, 1.165) is 30.4 Å². The van der Waals surface area contributed by atoms with Crippen LogP contribution in [-0.4, -0.2) is 15.0 Å². The molecule has 0 amide bonds. The largest absolute Gasteiger partial charge is 0.323 e. The Bertz CT molecular complexity index is 773. The summed E-state index contributed by atoms with van der Waals surface area (Å²) < 4.78 is 27.6. The lowest BCUT2D eigenvalue weighted by atomic mass is 9.92. The van der Waals surface area contributed by atoms with Gasteiger partial charge in [-0.15, -0.1) is 0 Å². The summed E-state index contributed by atoms with van der Waals surface area (Å²) in [5.41, 5.74) is 9.41. The zero-order valence-corrected chi connectivity index (χ0v) is 13.9. The molecule has 0 saturated heterocycles. The van der Waals surface area contributed by atoms with Crippen molar-refractivity contribution in [1.82, 2.24) is 4.72 Å². The zero-order chi connectivity index (χ0) is 16.3. The van der Waals surface area contributed by atoms with Crippen LogP contribution in [0.1, 0.15) is 35.6 Å². The molecule has 5 heteroatoms. The third kappa shape index (κ3) is 3.80. The molecule has 4 nitrogen and oxygen atoms in total. The number of hydrogen-bond donors (Lipinski definition) is 2. The summed E-state index contributed by atoms with van der Waals surface area (Å²) in [6.45, 7) is 0.184. The fraction of sp³-hybridized carbons (Fsp3) is 0.333. The smallest absolute Gasteiger partial charge is 0.240 e. The quantitative estimate of drug-likeness (QED) is 0.885. The van der Waals surface area contributed by atoms with E-state index in [1.807, 2.05) is 42.5 Å². The average molecular weight is 330 g/mol. The van der Waals surface area contributed by atoms with Crippen molar-refractivity contribution in [3.63, 3.8) is 0 Å². The Hall–Kier alpha value is -1.69. The van der Waals surface area contributed by atoms with Gasteiger partial charge in [-0.05, 0) is 54.5 Å². The van der Waals surface area contributed by atoms with Crippen molar-refractivity contribution in [1.29, 1.82) is 0 Å². The Morgan fingerprint density at radius 1 is 1.00 bits per heavy atom. The molecule has 2 aromatic carbocycles. The van der Waals surface area contributed by atoms with Crippen LogP contribution in [0.3, 0.4) is 0 Å². The highest BCUT2D eigenvalue weighted by Crippen LogP contribution is 2.24. The Kier molecular flexibility index (Phi) is 4.80. The Balaban J connectivity index is 1.72. The molecule has 0 saturated carbocycles. The number of aryl methyl sites for hydroxylation is 2. The van der Waals surface area contributed by atoms with Gasteiger partial charge < -0.3 is 5.73 Å². The standard InChI is InChI=1S/C18H22N2O2S/c19-18(15-7-2-1-3-8-15)13-20-23(21,22)17-11-10-14-6-4-5-9-16(14)12-17/h1-3,7-8,10-12,18,20H,4-6,9,13,19H2. The first-order chi connectivity index (χ1) is 11.1. The normalized spacial score (nSPS) is 15.9. The van der Waals surface area contributed by atoms with Gasteiger partial charge in [-0.25, -0.2) is 13.1 Å². The number of sulfonamides is 1. The lowest BCUT2D eigenvalue weighted by Crippen LogP contribution is -2.32. The third-order valence-corrected chi connectivity index (χ3v) is 5.77. The maximum Gasteiger partial charge on any atom is 0.240 e. The number of benzene rings is 2. The van der Waals surface area contributed by atoms with Crippen molar-refractivity contribution in [3.05, 3.63) is 65.2 Å². The van der Waals surface area contributed by atoms with Crippen molar-refractivity contribution in [2.45, 2.75) is 36.6 Å². The van der Waals surface area contributed by atoms with E-state index in [0.29, 0.717) is 4.90 Å². The van der Waals surface area contributed by atoms with Crippen LogP contribution < -0.4 is 10.5 Å². The SMILES string of the molecule is NC(CNS(=O)(=O)c1ccc2c(c1)CCCC2)c1ccccc1. The van der Waals surface area contributed by atoms with Crippen LogP contribution in [0.4, 0.5) is 0 Å². The molecular formula is C18H22N2O2S. The fourth-order valence-electron chi connectivity index (χ4n) is 2.98. The Labute approximate surface area is 137 Å². The molecule has 0 aromatic heterocycles. The molecule has 1 aliphatic carbocycles. The molecule has 1 aliphatic rings. The van der Waals surface area contributed by atoms with E-state index in [9.17, 15) is 8.42 Å². The van der Waals surface area contributed by atoms with E-state index in [-0.39, 0.29) is 12.6 Å². The van der Waals surface area contributed by atoms with Crippen LogP contribution in [0.25, 0.3) is 0 Å². The minimum absolute atomic E-state index is 0.184. The Morgan fingerprint density at radius 2 is 1.70 bits per heavy atom. The summed E-state index contributed by atoms with van der Waals surface area (Å²) in [5, 5.41) is 0. The van der Waals surface area contributed by atoms with Gasteiger partial charge in [0.1, 0.15) is 0 Å². The minimum Gasteiger partial charge on any atom is -0.323 e. The first-order valence-corrected chi connectivity index (χ1v) is 9.46. The summed E-state index contributed by atoms with van der Waals surface area (Å²) in [4.78, 5) is 0.332. The van der Waals surface area contributed by atoms with Crippen LogP contribution in [-0.2, 0) is 22.9 Å². The monoisotopic (exact) mass is 330 g/mol. The van der Waals surface area contributed by atoms with E-state index in [2.05, 4.69) is 4.72 Å². The summed E-state index contributed by atoms with van der Waals surface area (Å²) in [7, 11) is -3.53. The van der Waals surface area contributed by atoms with Crippen molar-refractivity contribution in [2.24, 2.45) is 5.73 Å². The van der Waals surface area contributed by atoms with Crippen molar-refractivity contribution in [2.75, 3.05) is 6.54 Å². The minimum atomic E-state index is -3.53. The molecule has 122 valence electrons. The highest BCUT2D eigenvalue weighted by Gasteiger charge is 2.18. The van der Waals surface area contributed by atoms with Gasteiger partial charge in [0.15, 0.2) is 0 Å². The van der Waals surface area contributed by atoms with Crippen LogP contribution in [0.15, 0.2) is 53.4 Å². The predicted octanol–water partition coefficient (Wildman–Crippen LogP) is 2.54. The molecule has 23 heavy (non-hydrogen) atoms. The van der Waals surface area contributed by atoms with Crippen LogP contribution >= 0.6 is 0 Å². The van der Waals surface area contributed by atoms with Crippen LogP contribution in [0, 0.1) is 0 Å². The first-order valence-electron chi connectivity index (χ1n) is 7.98. The van der Waals surface area contributed by atoms with Gasteiger partial charge in [-0.2, -0.15) is 0 Å². The first kappa shape index (κ1) is 16.2. The van der Waals surface area contributed by atoms with E-state index in [4.69, 9.17) is 5.73 Å². The molecule has 2 aromatic rings. The van der Waals surface area contributed by atoms with Crippen LogP contribution in [0.2, 0.25) is 0 Å². The van der Waals surface area contributed by atoms with E-state index < -0.39 is 10.0 Å². The van der Waals surface area contributed by atoms with Gasteiger partial charge in [0.2, 0.25) is 10.0 Å². The second-order valence-electron chi connectivity index (χ2n) is 6.01. The second kappa shape index (κ2) is 6.83. The maximum atomic E-state index is 12.5. The van der Waals surface area contributed by atoms with Crippen molar-refractivity contribution < 1.29 is 8.42 Å². The van der Waals surface area contributed by atoms with E-state index >= 15 is 0 Å². The molecule has 1 unspecified atom stereocenters. The Morgan fingerprint density at radius 3 is 2.43 bits per heavy atom. The van der Waals surface area contributed by atoms with E-state index in [1.54, 1.807) is 6.07 Å². The molecule has 0 heterocycles. The number of rotatable bonds is 5. The number of hydrogen-bond acceptors (Lipinski definition) is 3. The van der Waals surface area contributed by atoms with Gasteiger partial charge in [-0.1, -0.05) is 36.4 Å². The second-order valence-corrected chi connectivity index (χ2v) is 7.77. The van der Waals surface area contributed by atoms with Crippen molar-refractivity contribution in [3.8, 4) is 0 Å². The molecule has 0 radical (unpaired) electrons. The van der Waals surface area contributed by atoms with Gasteiger partial charge in [0, 0.05) is 12.6 Å². The molecule has 0 bridgehead atoms. The molecule has 0 aliphatic heterocycles. The lowest BCUT2D eigenvalue weighted by molar-refractivity contribution is 0.571. The molecule has 3 N–H and O–H groups in total. The molecule has 1 atom stereocenters. The van der Waals surface area contributed by atoms with Crippen LogP contribution in [0.5, 0.6) is 0 Å². The molecular weight excluding hydrogens is 308 g/mol. The zero-order valence-electron chi connectivity index (χ0n) is 13.0. The summed E-state index contributed by atoms with van der Waals surface area (Å²) in [6.07, 6.45) is 4.32. The summed E-state index contributed by atoms with van der Waals surface area (Å²) in [5.74, 6) is 0. The van der Waals surface area contributed by atoms with Gasteiger partial charge in [-0.3, -0.25) is 0 Å². The van der Waals surface area contributed by atoms with Crippen molar-refractivity contribution >= 4 is 10.0 Å². The van der Waals surface area contributed by atoms with E-state index in [1.165, 1.54) is 12.0 Å². The molecule has 0 fully saturated rings. The summed E-state index contributed by atoms with van der Waals surface area (Å²) >= 11 is 0. The maximum absolute atomic E-state index is 12.5. The topological polar surface area (TPSA) is 72.2 Å². The molecule has 0 spiro atoms. The number of fused-ring (bicyclic) bond motifs is 1. The lowest BCUT2D eigenvalue weighted by Gasteiger charge is -2.17. The van der Waals surface area contributed by atoms with Gasteiger partial charge >= 0.3 is 0 Å². The molecule has 3 rings (SSSR count). The number of nitrogens with two attached hydrogens (primary N) is 1.